The van der Waals surface area contributed by atoms with E-state index in [9.17, 15) is 13.2 Å². The van der Waals surface area contributed by atoms with Crippen LogP contribution in [0.2, 0.25) is 0 Å². The lowest BCUT2D eigenvalue weighted by Gasteiger charge is -2.25. The van der Waals surface area contributed by atoms with Crippen molar-refractivity contribution in [2.24, 2.45) is 5.10 Å². The van der Waals surface area contributed by atoms with Crippen molar-refractivity contribution in [3.63, 3.8) is 0 Å². The summed E-state index contributed by atoms with van der Waals surface area (Å²) >= 11 is 0. The number of hydrogen-bond acceptors (Lipinski definition) is 8. The summed E-state index contributed by atoms with van der Waals surface area (Å²) in [5, 5.41) is 4.02. The van der Waals surface area contributed by atoms with Crippen LogP contribution < -0.4 is 28.7 Å². The number of amides is 1. The zero-order valence-corrected chi connectivity index (χ0v) is 24.2. The summed E-state index contributed by atoms with van der Waals surface area (Å²) < 4.78 is 50.1. The second kappa shape index (κ2) is 14.0. The smallest absolute Gasteiger partial charge is 0.264 e. The van der Waals surface area contributed by atoms with Gasteiger partial charge in [0, 0.05) is 0 Å². The number of nitrogens with one attached hydrogen (secondary N) is 1. The lowest BCUT2D eigenvalue weighted by molar-refractivity contribution is -0.119. The Kier molecular flexibility index (Phi) is 10.0. The third-order valence-corrected chi connectivity index (χ3v) is 7.89. The Morgan fingerprint density at radius 3 is 2.19 bits per heavy atom. The van der Waals surface area contributed by atoms with Crippen molar-refractivity contribution < 1.29 is 32.2 Å². The second-order valence-corrected chi connectivity index (χ2v) is 10.7. The minimum atomic E-state index is -4.17. The number of carbonyl (C=O) groups is 1. The number of rotatable bonds is 13. The minimum Gasteiger partial charge on any atom is -0.497 e. The summed E-state index contributed by atoms with van der Waals surface area (Å²) in [5.41, 5.74) is 4.25. The molecule has 0 aliphatic carbocycles. The van der Waals surface area contributed by atoms with E-state index >= 15 is 0 Å². The lowest BCUT2D eigenvalue weighted by atomic mass is 10.2. The van der Waals surface area contributed by atoms with Crippen molar-refractivity contribution in [1.29, 1.82) is 0 Å². The third-order valence-electron chi connectivity index (χ3n) is 6.12. The van der Waals surface area contributed by atoms with Crippen molar-refractivity contribution in [3.8, 4) is 23.0 Å². The van der Waals surface area contributed by atoms with Crippen LogP contribution in [0.1, 0.15) is 11.1 Å². The van der Waals surface area contributed by atoms with Crippen LogP contribution >= 0.6 is 0 Å². The summed E-state index contributed by atoms with van der Waals surface area (Å²) in [4.78, 5) is 12.9. The van der Waals surface area contributed by atoms with Gasteiger partial charge in [-0.15, -0.1) is 0 Å². The van der Waals surface area contributed by atoms with Gasteiger partial charge in [-0.3, -0.25) is 9.10 Å². The number of sulfonamides is 1. The van der Waals surface area contributed by atoms with E-state index in [0.717, 1.165) is 9.87 Å². The second-order valence-electron chi connectivity index (χ2n) is 8.84. The minimum absolute atomic E-state index is 0.0211. The van der Waals surface area contributed by atoms with Crippen LogP contribution in [0.4, 0.5) is 5.69 Å². The van der Waals surface area contributed by atoms with E-state index in [1.165, 1.54) is 51.8 Å². The number of benzene rings is 4. The largest absolute Gasteiger partial charge is 0.497 e. The fourth-order valence-corrected chi connectivity index (χ4v) is 5.41. The Balaban J connectivity index is 1.49. The molecular weight excluding hydrogens is 558 g/mol. The van der Waals surface area contributed by atoms with Crippen molar-refractivity contribution in [3.05, 3.63) is 108 Å². The Bertz CT molecular complexity index is 1630. The normalized spacial score (nSPS) is 11.1. The van der Waals surface area contributed by atoms with Gasteiger partial charge in [0.05, 0.1) is 38.1 Å². The maximum atomic E-state index is 13.7. The molecule has 0 fully saturated rings. The van der Waals surface area contributed by atoms with Gasteiger partial charge in [-0.25, -0.2) is 13.8 Å². The van der Waals surface area contributed by atoms with E-state index in [4.69, 9.17) is 18.9 Å². The summed E-state index contributed by atoms with van der Waals surface area (Å²) in [6.07, 6.45) is 1.42. The zero-order valence-electron chi connectivity index (χ0n) is 23.4. The standard InChI is InChI=1S/C31H31N3O7S/c1-38-25-14-16-26(17-15-25)42(36,37)34(27-11-7-8-12-28(27)39-2)21-31(35)33-32-20-24-13-18-29(30(19-24)40-3)41-22-23-9-5-4-6-10-23/h4-20H,21-22H2,1-3H3,(H,33,35)/b32-20-. The van der Waals surface area contributed by atoms with E-state index < -0.39 is 22.5 Å². The topological polar surface area (TPSA) is 116 Å². The summed E-state index contributed by atoms with van der Waals surface area (Å²) in [6, 6.07) is 27.4. The maximum absolute atomic E-state index is 13.7. The Labute approximate surface area is 245 Å². The van der Waals surface area contributed by atoms with Crippen molar-refractivity contribution >= 4 is 27.8 Å². The number of hydrazone groups is 1. The molecule has 0 radical (unpaired) electrons. The molecule has 0 heterocycles. The molecule has 0 bridgehead atoms. The highest BCUT2D eigenvalue weighted by Crippen LogP contribution is 2.32. The van der Waals surface area contributed by atoms with E-state index in [1.807, 2.05) is 30.3 Å². The predicted molar refractivity (Wildman–Crippen MR) is 160 cm³/mol. The third kappa shape index (κ3) is 7.38. The highest BCUT2D eigenvalue weighted by molar-refractivity contribution is 7.92. The van der Waals surface area contributed by atoms with E-state index in [2.05, 4.69) is 10.5 Å². The Morgan fingerprint density at radius 1 is 0.810 bits per heavy atom. The van der Waals surface area contributed by atoms with Crippen LogP contribution in [0, 0.1) is 0 Å². The SMILES string of the molecule is COc1ccc(S(=O)(=O)N(CC(=O)N/N=C\c2ccc(OCc3ccccc3)c(OC)c2)c2ccccc2OC)cc1. The van der Waals surface area contributed by atoms with Gasteiger partial charge in [0.25, 0.3) is 15.9 Å². The molecule has 0 aliphatic heterocycles. The molecule has 42 heavy (non-hydrogen) atoms. The number of methoxy groups -OCH3 is 3. The average molecular weight is 590 g/mol. The van der Waals surface area contributed by atoms with Gasteiger partial charge in [0.15, 0.2) is 11.5 Å². The number of para-hydroxylation sites is 2. The number of hydrogen-bond donors (Lipinski definition) is 1. The molecule has 0 aromatic heterocycles. The van der Waals surface area contributed by atoms with E-state index in [1.54, 1.807) is 42.5 Å². The van der Waals surface area contributed by atoms with Crippen LogP contribution in [0.25, 0.3) is 0 Å². The first-order valence-corrected chi connectivity index (χ1v) is 14.3. The van der Waals surface area contributed by atoms with Crippen LogP contribution in [0.3, 0.4) is 0 Å². The molecule has 4 rings (SSSR count). The molecule has 0 unspecified atom stereocenters. The molecule has 0 saturated heterocycles. The fraction of sp³-hybridized carbons (Fsp3) is 0.161. The van der Waals surface area contributed by atoms with Gasteiger partial charge in [-0.2, -0.15) is 5.10 Å². The predicted octanol–water partition coefficient (Wildman–Crippen LogP) is 4.64. The first-order chi connectivity index (χ1) is 20.3. The summed E-state index contributed by atoms with van der Waals surface area (Å²) in [6.45, 7) is -0.176. The fourth-order valence-electron chi connectivity index (χ4n) is 3.97. The molecule has 4 aromatic rings. The molecule has 4 aromatic carbocycles. The molecule has 11 heteroatoms. The van der Waals surface area contributed by atoms with E-state index in [0.29, 0.717) is 29.4 Å². The first-order valence-electron chi connectivity index (χ1n) is 12.8. The molecule has 1 N–H and O–H groups in total. The molecule has 0 atom stereocenters. The highest BCUT2D eigenvalue weighted by Gasteiger charge is 2.29. The molecule has 218 valence electrons. The first kappa shape index (κ1) is 29.9. The highest BCUT2D eigenvalue weighted by atomic mass is 32.2. The van der Waals surface area contributed by atoms with Gasteiger partial charge in [-0.05, 0) is 65.7 Å². The van der Waals surface area contributed by atoms with Crippen molar-refractivity contribution in [2.75, 3.05) is 32.2 Å². The van der Waals surface area contributed by atoms with E-state index in [-0.39, 0.29) is 16.3 Å². The molecule has 0 aliphatic rings. The molecule has 0 saturated carbocycles. The van der Waals surface area contributed by atoms with Crippen LogP contribution in [-0.4, -0.2) is 48.4 Å². The van der Waals surface area contributed by atoms with Crippen molar-refractivity contribution in [2.45, 2.75) is 11.5 Å². The molecule has 1 amide bonds. The van der Waals surface area contributed by atoms with Gasteiger partial charge in [0.2, 0.25) is 0 Å². The number of anilines is 1. The van der Waals surface area contributed by atoms with Crippen molar-refractivity contribution in [1.82, 2.24) is 5.43 Å². The van der Waals surface area contributed by atoms with Gasteiger partial charge in [0.1, 0.15) is 24.7 Å². The van der Waals surface area contributed by atoms with Crippen LogP contribution in [-0.2, 0) is 21.4 Å². The molecule has 10 nitrogen and oxygen atoms in total. The Hall–Kier alpha value is -5.03. The maximum Gasteiger partial charge on any atom is 0.264 e. The Morgan fingerprint density at radius 2 is 1.50 bits per heavy atom. The van der Waals surface area contributed by atoms with Gasteiger partial charge < -0.3 is 18.9 Å². The molecule has 0 spiro atoms. The van der Waals surface area contributed by atoms with Crippen LogP contribution in [0.15, 0.2) is 107 Å². The zero-order chi connectivity index (χ0) is 30.0. The summed E-state index contributed by atoms with van der Waals surface area (Å²) in [5.74, 6) is 1.17. The number of nitrogens with zero attached hydrogens (tertiary/aromatic N) is 2. The van der Waals surface area contributed by atoms with Gasteiger partial charge >= 0.3 is 0 Å². The average Bonchev–Trinajstić information content (AvgIpc) is 3.03. The quantitative estimate of drug-likeness (QED) is 0.179. The van der Waals surface area contributed by atoms with Crippen LogP contribution in [0.5, 0.6) is 23.0 Å². The number of ether oxygens (including phenoxy) is 4. The summed E-state index contributed by atoms with van der Waals surface area (Å²) in [7, 11) is 0.272. The van der Waals surface area contributed by atoms with Gasteiger partial charge in [-0.1, -0.05) is 42.5 Å². The lowest BCUT2D eigenvalue weighted by Crippen LogP contribution is -2.39. The monoisotopic (exact) mass is 589 g/mol. The number of carbonyl (C=O) groups excluding carboxylic acids is 1. The molecular formula is C31H31N3O7S.